The van der Waals surface area contributed by atoms with E-state index >= 15 is 0 Å². The zero-order chi connectivity index (χ0) is 20.6. The van der Waals surface area contributed by atoms with Crippen molar-refractivity contribution >= 4 is 23.2 Å². The zero-order valence-corrected chi connectivity index (χ0v) is 18.2. The van der Waals surface area contributed by atoms with Crippen LogP contribution in [0.5, 0.6) is 0 Å². The molecule has 8 heteroatoms. The van der Waals surface area contributed by atoms with E-state index in [4.69, 9.17) is 0 Å². The van der Waals surface area contributed by atoms with Crippen molar-refractivity contribution in [2.45, 2.75) is 19.4 Å². The van der Waals surface area contributed by atoms with Crippen molar-refractivity contribution in [2.75, 3.05) is 40.3 Å². The Hall–Kier alpha value is -2.19. The van der Waals surface area contributed by atoms with Crippen molar-refractivity contribution in [1.29, 1.82) is 0 Å². The third-order valence-corrected chi connectivity index (χ3v) is 6.99. The third kappa shape index (κ3) is 3.83. The average molecular weight is 416 g/mol. The summed E-state index contributed by atoms with van der Waals surface area (Å²) < 4.78 is 1.81. The molecule has 0 unspecified atom stereocenters. The van der Waals surface area contributed by atoms with Crippen molar-refractivity contribution in [3.05, 3.63) is 40.3 Å². The molecule has 2 fully saturated rings. The zero-order valence-electron chi connectivity index (χ0n) is 17.4. The first kappa shape index (κ1) is 20.1. The molecule has 0 spiro atoms. The SMILES string of the molecule is CN(C)C(=O)[C@]12CCCN(C(=O)c3ccsc3)C[C@H]1CN(Cc1cnn(C)c1)C2. The molecule has 0 radical (unpaired) electrons. The number of nitrogens with zero attached hydrogens (tertiary/aromatic N) is 5. The molecule has 0 aliphatic carbocycles. The van der Waals surface area contributed by atoms with Crippen LogP contribution in [0.3, 0.4) is 0 Å². The van der Waals surface area contributed by atoms with E-state index in [1.807, 2.05) is 59.9 Å². The first-order valence-corrected chi connectivity index (χ1v) is 11.1. The molecule has 2 aliphatic rings. The van der Waals surface area contributed by atoms with Crippen LogP contribution < -0.4 is 0 Å². The highest BCUT2D eigenvalue weighted by Gasteiger charge is 2.53. The molecule has 0 aromatic carbocycles. The monoisotopic (exact) mass is 415 g/mol. The standard InChI is InChI=1S/C21H29N5O2S/c1-23(2)20(28)21-6-4-7-26(19(27)17-5-8-29-14-17)13-18(21)12-25(15-21)11-16-9-22-24(3)10-16/h5,8-10,14,18H,4,6-7,11-13,15H2,1-3H3/t18-,21+/m1/s1. The lowest BCUT2D eigenvalue weighted by Crippen LogP contribution is -2.47. The molecular formula is C21H29N5O2S. The maximum Gasteiger partial charge on any atom is 0.254 e. The van der Waals surface area contributed by atoms with Crippen LogP contribution in [-0.4, -0.2) is 76.6 Å². The summed E-state index contributed by atoms with van der Waals surface area (Å²) in [7, 11) is 5.61. The summed E-state index contributed by atoms with van der Waals surface area (Å²) >= 11 is 1.54. The molecule has 0 saturated carbocycles. The predicted molar refractivity (Wildman–Crippen MR) is 113 cm³/mol. The maximum atomic E-state index is 13.3. The number of likely N-dealkylation sites (tertiary alicyclic amines) is 2. The van der Waals surface area contributed by atoms with Crippen molar-refractivity contribution in [3.63, 3.8) is 0 Å². The summed E-state index contributed by atoms with van der Waals surface area (Å²) in [5, 5.41) is 8.12. The Bertz CT molecular complexity index is 878. The molecule has 0 N–H and O–H groups in total. The van der Waals surface area contributed by atoms with Gasteiger partial charge in [0, 0.05) is 76.9 Å². The Kier molecular flexibility index (Phi) is 5.48. The summed E-state index contributed by atoms with van der Waals surface area (Å²) in [5.41, 5.74) is 1.49. The molecule has 2 aliphatic heterocycles. The Morgan fingerprint density at radius 3 is 2.83 bits per heavy atom. The fourth-order valence-corrected chi connectivity index (χ4v) is 5.65. The second-order valence-electron chi connectivity index (χ2n) is 8.61. The van der Waals surface area contributed by atoms with Crippen LogP contribution in [0.1, 0.15) is 28.8 Å². The van der Waals surface area contributed by atoms with Gasteiger partial charge in [-0.2, -0.15) is 16.4 Å². The molecule has 2 aromatic heterocycles. The second kappa shape index (κ2) is 7.91. The van der Waals surface area contributed by atoms with Gasteiger partial charge in [-0.05, 0) is 24.3 Å². The molecule has 2 aromatic rings. The topological polar surface area (TPSA) is 61.7 Å². The van der Waals surface area contributed by atoms with E-state index in [2.05, 4.69) is 10.00 Å². The minimum absolute atomic E-state index is 0.0880. The Morgan fingerprint density at radius 1 is 1.34 bits per heavy atom. The van der Waals surface area contributed by atoms with Gasteiger partial charge in [-0.1, -0.05) is 0 Å². The van der Waals surface area contributed by atoms with E-state index in [1.54, 1.807) is 16.2 Å². The van der Waals surface area contributed by atoms with Gasteiger partial charge < -0.3 is 9.80 Å². The molecule has 29 heavy (non-hydrogen) atoms. The number of carbonyl (C=O) groups excluding carboxylic acids is 2. The Balaban J connectivity index is 1.58. The van der Waals surface area contributed by atoms with E-state index < -0.39 is 5.41 Å². The molecule has 4 rings (SSSR count). The lowest BCUT2D eigenvalue weighted by molar-refractivity contribution is -0.141. The fraction of sp³-hybridized carbons (Fsp3) is 0.571. The van der Waals surface area contributed by atoms with Crippen molar-refractivity contribution in [1.82, 2.24) is 24.5 Å². The van der Waals surface area contributed by atoms with E-state index in [-0.39, 0.29) is 17.7 Å². The summed E-state index contributed by atoms with van der Waals surface area (Å²) in [6, 6.07) is 1.89. The highest BCUT2D eigenvalue weighted by Crippen LogP contribution is 2.44. The third-order valence-electron chi connectivity index (χ3n) is 6.31. The van der Waals surface area contributed by atoms with Gasteiger partial charge in [0.05, 0.1) is 17.2 Å². The number of aryl methyl sites for hydroxylation is 1. The molecule has 2 amide bonds. The number of amides is 2. The van der Waals surface area contributed by atoms with Crippen LogP contribution >= 0.6 is 11.3 Å². The van der Waals surface area contributed by atoms with E-state index in [9.17, 15) is 9.59 Å². The summed E-state index contributed by atoms with van der Waals surface area (Å²) in [5.74, 6) is 0.422. The number of aromatic nitrogens is 2. The second-order valence-corrected chi connectivity index (χ2v) is 9.39. The number of thiophene rings is 1. The largest absolute Gasteiger partial charge is 0.348 e. The van der Waals surface area contributed by atoms with Crippen molar-refractivity contribution < 1.29 is 9.59 Å². The van der Waals surface area contributed by atoms with Crippen LogP contribution in [0, 0.1) is 11.3 Å². The molecule has 7 nitrogen and oxygen atoms in total. The smallest absolute Gasteiger partial charge is 0.254 e. The lowest BCUT2D eigenvalue weighted by Gasteiger charge is -2.35. The maximum absolute atomic E-state index is 13.3. The van der Waals surface area contributed by atoms with Crippen LogP contribution in [0.2, 0.25) is 0 Å². The normalized spacial score (nSPS) is 24.9. The van der Waals surface area contributed by atoms with Crippen LogP contribution in [0.4, 0.5) is 0 Å². The summed E-state index contributed by atoms with van der Waals surface area (Å²) in [6.07, 6.45) is 5.60. The number of carbonyl (C=O) groups is 2. The van der Waals surface area contributed by atoms with Gasteiger partial charge in [-0.15, -0.1) is 0 Å². The quantitative estimate of drug-likeness (QED) is 0.766. The van der Waals surface area contributed by atoms with Gasteiger partial charge in [0.25, 0.3) is 5.91 Å². The number of hydrogen-bond donors (Lipinski definition) is 0. The number of fused-ring (bicyclic) bond motifs is 1. The van der Waals surface area contributed by atoms with E-state index in [0.717, 1.165) is 50.1 Å². The van der Waals surface area contributed by atoms with Gasteiger partial charge in [0.15, 0.2) is 0 Å². The van der Waals surface area contributed by atoms with Crippen molar-refractivity contribution in [2.24, 2.45) is 18.4 Å². The molecule has 0 bridgehead atoms. The molecular weight excluding hydrogens is 386 g/mol. The Labute approximate surface area is 175 Å². The number of hydrogen-bond acceptors (Lipinski definition) is 5. The fourth-order valence-electron chi connectivity index (χ4n) is 5.02. The van der Waals surface area contributed by atoms with Gasteiger partial charge in [-0.25, -0.2) is 0 Å². The van der Waals surface area contributed by atoms with Crippen molar-refractivity contribution in [3.8, 4) is 0 Å². The van der Waals surface area contributed by atoms with Crippen LogP contribution in [-0.2, 0) is 18.4 Å². The van der Waals surface area contributed by atoms with Gasteiger partial charge in [0.1, 0.15) is 0 Å². The predicted octanol–water partition coefficient (Wildman–Crippen LogP) is 1.92. The molecule has 2 atom stereocenters. The summed E-state index contributed by atoms with van der Waals surface area (Å²) in [6.45, 7) is 3.70. The van der Waals surface area contributed by atoms with Gasteiger partial charge >= 0.3 is 0 Å². The highest BCUT2D eigenvalue weighted by atomic mass is 32.1. The highest BCUT2D eigenvalue weighted by molar-refractivity contribution is 7.08. The van der Waals surface area contributed by atoms with Crippen LogP contribution in [0.15, 0.2) is 29.2 Å². The lowest BCUT2D eigenvalue weighted by atomic mass is 9.74. The Morgan fingerprint density at radius 2 is 2.17 bits per heavy atom. The van der Waals surface area contributed by atoms with Crippen LogP contribution in [0.25, 0.3) is 0 Å². The molecule has 2 saturated heterocycles. The van der Waals surface area contributed by atoms with Gasteiger partial charge in [-0.3, -0.25) is 19.2 Å². The first-order valence-electron chi connectivity index (χ1n) is 10.1. The number of rotatable bonds is 4. The molecule has 4 heterocycles. The molecule has 156 valence electrons. The minimum Gasteiger partial charge on any atom is -0.348 e. The van der Waals surface area contributed by atoms with Gasteiger partial charge in [0.2, 0.25) is 5.91 Å². The van der Waals surface area contributed by atoms with E-state index in [1.165, 1.54) is 0 Å². The average Bonchev–Trinajstić information content (AvgIpc) is 3.40. The first-order chi connectivity index (χ1) is 13.9. The minimum atomic E-state index is -0.421. The summed E-state index contributed by atoms with van der Waals surface area (Å²) in [4.78, 5) is 32.4. The van der Waals surface area contributed by atoms with E-state index in [0.29, 0.717) is 6.54 Å².